The van der Waals surface area contributed by atoms with E-state index in [1.807, 2.05) is 24.3 Å². The average Bonchev–Trinajstić information content (AvgIpc) is 2.42. The van der Waals surface area contributed by atoms with Crippen molar-refractivity contribution < 1.29 is 13.2 Å². The normalized spacial score (nSPS) is 23.8. The fourth-order valence-corrected chi connectivity index (χ4v) is 4.67. The van der Waals surface area contributed by atoms with Crippen LogP contribution in [0, 0.1) is 0 Å². The van der Waals surface area contributed by atoms with Crippen LogP contribution >= 0.6 is 0 Å². The zero-order valence-electron chi connectivity index (χ0n) is 11.0. The Morgan fingerprint density at radius 2 is 2.00 bits per heavy atom. The molecule has 0 amide bonds. The molecule has 1 heterocycles. The van der Waals surface area contributed by atoms with Crippen LogP contribution in [0.4, 0.5) is 0 Å². The molecule has 1 aromatic carbocycles. The molecular formula is C13H20N2O3S. The van der Waals surface area contributed by atoms with Crippen molar-refractivity contribution in [1.82, 2.24) is 5.43 Å². The molecule has 3 N–H and O–H groups in total. The van der Waals surface area contributed by atoms with Crippen molar-refractivity contribution in [3.63, 3.8) is 0 Å². The minimum atomic E-state index is -3.07. The molecule has 0 radical (unpaired) electrons. The third-order valence-electron chi connectivity index (χ3n) is 3.66. The molecule has 1 fully saturated rings. The lowest BCUT2D eigenvalue weighted by Crippen LogP contribution is -2.43. The van der Waals surface area contributed by atoms with Gasteiger partial charge in [0, 0.05) is 0 Å². The first-order valence-corrected chi connectivity index (χ1v) is 8.11. The van der Waals surface area contributed by atoms with Crippen LogP contribution < -0.4 is 16.0 Å². The summed E-state index contributed by atoms with van der Waals surface area (Å²) in [4.78, 5) is 0. The lowest BCUT2D eigenvalue weighted by molar-refractivity contribution is 0.413. The molecule has 0 aliphatic carbocycles. The first-order valence-electron chi connectivity index (χ1n) is 6.40. The van der Waals surface area contributed by atoms with Crippen molar-refractivity contribution in [2.24, 2.45) is 5.84 Å². The molecule has 19 heavy (non-hydrogen) atoms. The summed E-state index contributed by atoms with van der Waals surface area (Å²) in [5, 5.41) is -0.445. The zero-order valence-corrected chi connectivity index (χ0v) is 11.8. The molecule has 0 aromatic heterocycles. The van der Waals surface area contributed by atoms with Gasteiger partial charge in [-0.1, -0.05) is 18.6 Å². The molecule has 5 nitrogen and oxygen atoms in total. The molecule has 6 heteroatoms. The molecule has 0 spiro atoms. The smallest absolute Gasteiger partial charge is 0.155 e. The Morgan fingerprint density at radius 1 is 1.32 bits per heavy atom. The van der Waals surface area contributed by atoms with E-state index < -0.39 is 15.1 Å². The summed E-state index contributed by atoms with van der Waals surface area (Å²) in [5.41, 5.74) is 3.54. The number of sulfone groups is 1. The standard InChI is InChI=1S/C13H20N2O3S/c1-18-11-7-5-10(6-8-11)13(15-14)12-4-2-3-9-19(12,16)17/h5-8,12-13,15H,2-4,9,14H2,1H3. The number of ether oxygens (including phenoxy) is 1. The lowest BCUT2D eigenvalue weighted by Gasteiger charge is -2.29. The van der Waals surface area contributed by atoms with Gasteiger partial charge in [-0.3, -0.25) is 11.3 Å². The van der Waals surface area contributed by atoms with Crippen LogP contribution in [0.15, 0.2) is 24.3 Å². The van der Waals surface area contributed by atoms with E-state index >= 15 is 0 Å². The molecule has 1 saturated heterocycles. The van der Waals surface area contributed by atoms with Crippen molar-refractivity contribution >= 4 is 9.84 Å². The Kier molecular flexibility index (Phi) is 4.44. The average molecular weight is 284 g/mol. The Bertz CT molecular complexity index is 513. The van der Waals surface area contributed by atoms with Crippen LogP contribution in [0.3, 0.4) is 0 Å². The fraction of sp³-hybridized carbons (Fsp3) is 0.538. The SMILES string of the molecule is COc1ccc(C(NN)C2CCCCS2(=O)=O)cc1. The van der Waals surface area contributed by atoms with Gasteiger partial charge in [0.15, 0.2) is 9.84 Å². The van der Waals surface area contributed by atoms with Gasteiger partial charge in [0.25, 0.3) is 0 Å². The Morgan fingerprint density at radius 3 is 2.53 bits per heavy atom. The van der Waals surface area contributed by atoms with E-state index in [-0.39, 0.29) is 11.8 Å². The highest BCUT2D eigenvalue weighted by Gasteiger charge is 2.35. The maximum Gasteiger partial charge on any atom is 0.155 e. The third-order valence-corrected chi connectivity index (χ3v) is 5.94. The monoisotopic (exact) mass is 284 g/mol. The number of nitrogens with two attached hydrogens (primary N) is 1. The highest BCUT2D eigenvalue weighted by Crippen LogP contribution is 2.30. The Labute approximate surface area is 114 Å². The van der Waals surface area contributed by atoms with Crippen LogP contribution in [0.2, 0.25) is 0 Å². The number of methoxy groups -OCH3 is 1. The maximum absolute atomic E-state index is 12.2. The number of hydrogen-bond acceptors (Lipinski definition) is 5. The topological polar surface area (TPSA) is 81.4 Å². The summed E-state index contributed by atoms with van der Waals surface area (Å²) in [6, 6.07) is 6.97. The second kappa shape index (κ2) is 5.90. The van der Waals surface area contributed by atoms with Gasteiger partial charge in [-0.2, -0.15) is 0 Å². The molecule has 1 aromatic rings. The first kappa shape index (κ1) is 14.3. The minimum Gasteiger partial charge on any atom is -0.497 e. The van der Waals surface area contributed by atoms with Crippen molar-refractivity contribution in [2.75, 3.05) is 12.9 Å². The van der Waals surface area contributed by atoms with Crippen LogP contribution in [0.1, 0.15) is 30.9 Å². The second-order valence-corrected chi connectivity index (χ2v) is 7.16. The Hall–Kier alpha value is -1.11. The van der Waals surface area contributed by atoms with Crippen LogP contribution in [-0.4, -0.2) is 26.5 Å². The molecular weight excluding hydrogens is 264 g/mol. The summed E-state index contributed by atoms with van der Waals surface area (Å²) in [7, 11) is -1.48. The molecule has 2 rings (SSSR count). The summed E-state index contributed by atoms with van der Waals surface area (Å²) in [6.45, 7) is 0. The number of benzene rings is 1. The van der Waals surface area contributed by atoms with Crippen LogP contribution in [0.5, 0.6) is 5.75 Å². The number of rotatable bonds is 4. The number of hydrazine groups is 1. The summed E-state index contributed by atoms with van der Waals surface area (Å²) in [6.07, 6.45) is 2.33. The van der Waals surface area contributed by atoms with Crippen LogP contribution in [0.25, 0.3) is 0 Å². The number of nitrogens with one attached hydrogen (secondary N) is 1. The van der Waals surface area contributed by atoms with Gasteiger partial charge in [-0.15, -0.1) is 0 Å². The highest BCUT2D eigenvalue weighted by molar-refractivity contribution is 7.92. The van der Waals surface area contributed by atoms with Gasteiger partial charge in [0.1, 0.15) is 5.75 Å². The second-order valence-electron chi connectivity index (χ2n) is 4.82. The van der Waals surface area contributed by atoms with Crippen molar-refractivity contribution in [1.29, 1.82) is 0 Å². The van der Waals surface area contributed by atoms with E-state index in [0.29, 0.717) is 6.42 Å². The van der Waals surface area contributed by atoms with E-state index in [9.17, 15) is 8.42 Å². The largest absolute Gasteiger partial charge is 0.497 e. The highest BCUT2D eigenvalue weighted by atomic mass is 32.2. The quantitative estimate of drug-likeness (QED) is 0.640. The summed E-state index contributed by atoms with van der Waals surface area (Å²) >= 11 is 0. The first-order chi connectivity index (χ1) is 9.08. The zero-order chi connectivity index (χ0) is 13.9. The van der Waals surface area contributed by atoms with E-state index in [2.05, 4.69) is 5.43 Å². The van der Waals surface area contributed by atoms with Gasteiger partial charge >= 0.3 is 0 Å². The predicted molar refractivity (Wildman–Crippen MR) is 74.5 cm³/mol. The third kappa shape index (κ3) is 3.08. The minimum absolute atomic E-state index is 0.256. The fourth-order valence-electron chi connectivity index (χ4n) is 2.58. The molecule has 106 valence electrons. The molecule has 1 aliphatic rings. The van der Waals surface area contributed by atoms with Gasteiger partial charge in [0.2, 0.25) is 0 Å². The summed E-state index contributed by atoms with van der Waals surface area (Å²) in [5.74, 6) is 6.58. The molecule has 0 bridgehead atoms. The van der Waals surface area contributed by atoms with Gasteiger partial charge < -0.3 is 4.74 Å². The van der Waals surface area contributed by atoms with E-state index in [0.717, 1.165) is 24.2 Å². The van der Waals surface area contributed by atoms with Crippen LogP contribution in [-0.2, 0) is 9.84 Å². The molecule has 2 unspecified atom stereocenters. The van der Waals surface area contributed by atoms with E-state index in [1.165, 1.54) is 0 Å². The lowest BCUT2D eigenvalue weighted by atomic mass is 10.00. The van der Waals surface area contributed by atoms with Crippen molar-refractivity contribution in [3.8, 4) is 5.75 Å². The maximum atomic E-state index is 12.2. The van der Waals surface area contributed by atoms with Gasteiger partial charge in [0.05, 0.1) is 24.2 Å². The summed E-state index contributed by atoms with van der Waals surface area (Å²) < 4.78 is 29.4. The van der Waals surface area contributed by atoms with E-state index in [4.69, 9.17) is 10.6 Å². The van der Waals surface area contributed by atoms with Gasteiger partial charge in [-0.25, -0.2) is 8.42 Å². The Balaban J connectivity index is 2.27. The van der Waals surface area contributed by atoms with Crippen molar-refractivity contribution in [2.45, 2.75) is 30.6 Å². The van der Waals surface area contributed by atoms with Crippen molar-refractivity contribution in [3.05, 3.63) is 29.8 Å². The molecule has 0 saturated carbocycles. The number of hydrogen-bond donors (Lipinski definition) is 2. The van der Waals surface area contributed by atoms with E-state index in [1.54, 1.807) is 7.11 Å². The predicted octanol–water partition coefficient (Wildman–Crippen LogP) is 1.17. The molecule has 1 aliphatic heterocycles. The van der Waals surface area contributed by atoms with Gasteiger partial charge in [-0.05, 0) is 30.5 Å². The molecule has 2 atom stereocenters.